The van der Waals surface area contributed by atoms with E-state index < -0.39 is 0 Å². The highest BCUT2D eigenvalue weighted by Gasteiger charge is 2.18. The highest BCUT2D eigenvalue weighted by molar-refractivity contribution is 5.82. The maximum absolute atomic E-state index is 13.9. The number of rotatable bonds is 4. The summed E-state index contributed by atoms with van der Waals surface area (Å²) in [5.41, 5.74) is 1.82. The van der Waals surface area contributed by atoms with Crippen LogP contribution in [0.2, 0.25) is 0 Å². The third-order valence-corrected chi connectivity index (χ3v) is 4.52. The third-order valence-electron chi connectivity index (χ3n) is 4.52. The molecule has 0 spiro atoms. The van der Waals surface area contributed by atoms with E-state index in [0.29, 0.717) is 35.1 Å². The summed E-state index contributed by atoms with van der Waals surface area (Å²) < 4.78 is 15.5. The number of hydrogen-bond donors (Lipinski definition) is 1. The minimum absolute atomic E-state index is 0.254. The van der Waals surface area contributed by atoms with Gasteiger partial charge in [-0.15, -0.1) is 5.10 Å². The molecule has 0 bridgehead atoms. The van der Waals surface area contributed by atoms with E-state index in [1.807, 2.05) is 6.07 Å². The van der Waals surface area contributed by atoms with Gasteiger partial charge in [0.15, 0.2) is 17.0 Å². The standard InChI is InChI=1S/C17H19FN6/c18-14-9-5-4-6-12(14)10-24-17-15(22-23-24)16(19-11-20-17)21-13-7-2-1-3-8-13/h4-6,9,11,13H,1-3,7-8,10H2,(H,19,20,21). The van der Waals surface area contributed by atoms with Crippen molar-refractivity contribution >= 4 is 17.0 Å². The van der Waals surface area contributed by atoms with Gasteiger partial charge in [0.2, 0.25) is 0 Å². The molecule has 2 aromatic heterocycles. The number of nitrogens with zero attached hydrogens (tertiary/aromatic N) is 5. The Hall–Kier alpha value is -2.57. The SMILES string of the molecule is Fc1ccccc1Cn1nnc2c(NC3CCCCC3)ncnc21. The summed E-state index contributed by atoms with van der Waals surface area (Å²) in [6.45, 7) is 0.295. The molecular weight excluding hydrogens is 307 g/mol. The second kappa shape index (κ2) is 6.51. The van der Waals surface area contributed by atoms with E-state index in [0.717, 1.165) is 12.8 Å². The van der Waals surface area contributed by atoms with E-state index in [2.05, 4.69) is 25.6 Å². The molecule has 7 heteroatoms. The van der Waals surface area contributed by atoms with Gasteiger partial charge in [-0.1, -0.05) is 42.7 Å². The molecule has 1 aliphatic rings. The molecule has 3 aromatic rings. The zero-order valence-electron chi connectivity index (χ0n) is 13.3. The fourth-order valence-electron chi connectivity index (χ4n) is 3.23. The number of benzene rings is 1. The molecule has 0 aliphatic heterocycles. The Labute approximate surface area is 139 Å². The normalized spacial score (nSPS) is 15.7. The minimum Gasteiger partial charge on any atom is -0.365 e. The second-order valence-corrected chi connectivity index (χ2v) is 6.21. The van der Waals surface area contributed by atoms with Crippen LogP contribution >= 0.6 is 0 Å². The van der Waals surface area contributed by atoms with Gasteiger partial charge in [0.05, 0.1) is 6.54 Å². The van der Waals surface area contributed by atoms with Crippen LogP contribution in [0.1, 0.15) is 37.7 Å². The zero-order chi connectivity index (χ0) is 16.4. The maximum Gasteiger partial charge on any atom is 0.184 e. The van der Waals surface area contributed by atoms with Crippen molar-refractivity contribution in [3.63, 3.8) is 0 Å². The number of aromatic nitrogens is 5. The lowest BCUT2D eigenvalue weighted by Gasteiger charge is -2.23. The van der Waals surface area contributed by atoms with Crippen LogP contribution in [0.4, 0.5) is 10.2 Å². The van der Waals surface area contributed by atoms with Crippen LogP contribution in [0.25, 0.3) is 11.2 Å². The van der Waals surface area contributed by atoms with Crippen molar-refractivity contribution in [3.8, 4) is 0 Å². The quantitative estimate of drug-likeness (QED) is 0.797. The van der Waals surface area contributed by atoms with E-state index in [1.165, 1.54) is 31.7 Å². The summed E-state index contributed by atoms with van der Waals surface area (Å²) in [5.74, 6) is 0.461. The summed E-state index contributed by atoms with van der Waals surface area (Å²) in [6.07, 6.45) is 7.59. The van der Waals surface area contributed by atoms with E-state index >= 15 is 0 Å². The Kier molecular flexibility index (Phi) is 4.06. The summed E-state index contributed by atoms with van der Waals surface area (Å²) >= 11 is 0. The molecule has 2 heterocycles. The second-order valence-electron chi connectivity index (χ2n) is 6.21. The van der Waals surface area contributed by atoms with E-state index in [9.17, 15) is 4.39 Å². The van der Waals surface area contributed by atoms with Crippen molar-refractivity contribution in [2.45, 2.75) is 44.7 Å². The number of fused-ring (bicyclic) bond motifs is 1. The van der Waals surface area contributed by atoms with Crippen LogP contribution in [0.3, 0.4) is 0 Å². The highest BCUT2D eigenvalue weighted by Crippen LogP contribution is 2.24. The summed E-state index contributed by atoms with van der Waals surface area (Å²) in [6, 6.07) is 7.09. The number of halogens is 1. The predicted octanol–water partition coefficient (Wildman–Crippen LogP) is 3.15. The molecule has 4 rings (SSSR count). The molecule has 1 N–H and O–H groups in total. The Morgan fingerprint density at radius 1 is 1.12 bits per heavy atom. The van der Waals surface area contributed by atoms with E-state index in [4.69, 9.17) is 0 Å². The topological polar surface area (TPSA) is 68.5 Å². The molecule has 1 aliphatic carbocycles. The summed E-state index contributed by atoms with van der Waals surface area (Å²) in [7, 11) is 0. The van der Waals surface area contributed by atoms with E-state index in [1.54, 1.807) is 16.8 Å². The predicted molar refractivity (Wildman–Crippen MR) is 89.1 cm³/mol. The van der Waals surface area contributed by atoms with Gasteiger partial charge in [0, 0.05) is 11.6 Å². The van der Waals surface area contributed by atoms with Crippen LogP contribution in [-0.4, -0.2) is 31.0 Å². The fourth-order valence-corrected chi connectivity index (χ4v) is 3.23. The van der Waals surface area contributed by atoms with Crippen molar-refractivity contribution in [3.05, 3.63) is 42.0 Å². The van der Waals surface area contributed by atoms with Crippen molar-refractivity contribution < 1.29 is 4.39 Å². The smallest absolute Gasteiger partial charge is 0.184 e. The summed E-state index contributed by atoms with van der Waals surface area (Å²) in [5, 5.41) is 11.8. The van der Waals surface area contributed by atoms with Gasteiger partial charge in [-0.25, -0.2) is 19.0 Å². The molecule has 1 aromatic carbocycles. The first-order valence-electron chi connectivity index (χ1n) is 8.35. The first-order valence-corrected chi connectivity index (χ1v) is 8.35. The van der Waals surface area contributed by atoms with Crippen molar-refractivity contribution in [1.29, 1.82) is 0 Å². The first kappa shape index (κ1) is 15.0. The molecule has 0 saturated heterocycles. The Morgan fingerprint density at radius 2 is 1.96 bits per heavy atom. The van der Waals surface area contributed by atoms with Gasteiger partial charge in [0.25, 0.3) is 0 Å². The molecule has 0 amide bonds. The molecule has 0 atom stereocenters. The number of hydrogen-bond acceptors (Lipinski definition) is 5. The van der Waals surface area contributed by atoms with Gasteiger partial charge in [-0.05, 0) is 18.9 Å². The lowest BCUT2D eigenvalue weighted by atomic mass is 9.95. The van der Waals surface area contributed by atoms with Crippen LogP contribution in [-0.2, 0) is 6.54 Å². The molecule has 24 heavy (non-hydrogen) atoms. The molecule has 124 valence electrons. The lowest BCUT2D eigenvalue weighted by Crippen LogP contribution is -2.23. The average Bonchev–Trinajstić information content (AvgIpc) is 3.02. The van der Waals surface area contributed by atoms with Gasteiger partial charge in [0.1, 0.15) is 12.1 Å². The van der Waals surface area contributed by atoms with Gasteiger partial charge < -0.3 is 5.32 Å². The number of anilines is 1. The first-order chi connectivity index (χ1) is 11.8. The Morgan fingerprint density at radius 3 is 2.79 bits per heavy atom. The molecular formula is C17H19FN6. The van der Waals surface area contributed by atoms with Crippen LogP contribution < -0.4 is 5.32 Å². The molecule has 1 saturated carbocycles. The average molecular weight is 326 g/mol. The van der Waals surface area contributed by atoms with Crippen molar-refractivity contribution in [2.24, 2.45) is 0 Å². The van der Waals surface area contributed by atoms with Gasteiger partial charge >= 0.3 is 0 Å². The summed E-state index contributed by atoms with van der Waals surface area (Å²) in [4.78, 5) is 8.61. The number of nitrogens with one attached hydrogen (secondary N) is 1. The maximum atomic E-state index is 13.9. The molecule has 1 fully saturated rings. The molecule has 0 radical (unpaired) electrons. The van der Waals surface area contributed by atoms with E-state index in [-0.39, 0.29) is 5.82 Å². The highest BCUT2D eigenvalue weighted by atomic mass is 19.1. The molecule has 0 unspecified atom stereocenters. The van der Waals surface area contributed by atoms with Gasteiger partial charge in [-0.2, -0.15) is 0 Å². The van der Waals surface area contributed by atoms with Gasteiger partial charge in [-0.3, -0.25) is 0 Å². The monoisotopic (exact) mass is 326 g/mol. The fraction of sp³-hybridized carbons (Fsp3) is 0.412. The Balaban J connectivity index is 1.62. The van der Waals surface area contributed by atoms with Crippen LogP contribution in [0.15, 0.2) is 30.6 Å². The molecule has 6 nitrogen and oxygen atoms in total. The largest absolute Gasteiger partial charge is 0.365 e. The van der Waals surface area contributed by atoms with Crippen LogP contribution in [0, 0.1) is 5.82 Å². The third kappa shape index (κ3) is 2.93. The van der Waals surface area contributed by atoms with Crippen LogP contribution in [0.5, 0.6) is 0 Å². The van der Waals surface area contributed by atoms with Crippen molar-refractivity contribution in [2.75, 3.05) is 5.32 Å². The minimum atomic E-state index is -0.254. The Bertz CT molecular complexity index is 840. The zero-order valence-corrected chi connectivity index (χ0v) is 13.3. The lowest BCUT2D eigenvalue weighted by molar-refractivity contribution is 0.462. The van der Waals surface area contributed by atoms with Crippen molar-refractivity contribution in [1.82, 2.24) is 25.0 Å².